The van der Waals surface area contributed by atoms with E-state index in [9.17, 15) is 19.7 Å². The molecule has 2 aromatic carbocycles. The highest BCUT2D eigenvalue weighted by molar-refractivity contribution is 7.20. The molecule has 1 atom stereocenters. The van der Waals surface area contributed by atoms with E-state index in [1.54, 1.807) is 18.2 Å². The predicted molar refractivity (Wildman–Crippen MR) is 113 cm³/mol. The Hall–Kier alpha value is -3.46. The molecule has 150 valence electrons. The third kappa shape index (κ3) is 4.69. The standard InChI is InChI=1S/C20H19N3O5S/c1-12(19(24)21-14-4-6-15(7-5-14)22(2)3)28-20(25)18-11-13-10-16(23(26)27)8-9-17(13)29-18/h4-12H,1-3H3,(H,21,24)/t12-/m0/s1. The van der Waals surface area contributed by atoms with Crippen molar-refractivity contribution in [3.05, 3.63) is 63.5 Å². The molecule has 8 nitrogen and oxygen atoms in total. The molecule has 3 rings (SSSR count). The molecule has 0 saturated carbocycles. The smallest absolute Gasteiger partial charge is 0.349 e. The van der Waals surface area contributed by atoms with Gasteiger partial charge in [-0.1, -0.05) is 0 Å². The average Bonchev–Trinajstić information content (AvgIpc) is 3.11. The van der Waals surface area contributed by atoms with Crippen LogP contribution in [-0.2, 0) is 9.53 Å². The zero-order valence-corrected chi connectivity index (χ0v) is 16.9. The number of ether oxygens (including phenoxy) is 1. The number of fused-ring (bicyclic) bond motifs is 1. The third-order valence-electron chi connectivity index (χ3n) is 4.22. The highest BCUT2D eigenvalue weighted by Gasteiger charge is 2.21. The molecule has 1 amide bonds. The van der Waals surface area contributed by atoms with Gasteiger partial charge in [0.1, 0.15) is 4.88 Å². The molecular weight excluding hydrogens is 394 g/mol. The Morgan fingerprint density at radius 1 is 1.14 bits per heavy atom. The molecule has 0 aliphatic heterocycles. The molecule has 0 unspecified atom stereocenters. The van der Waals surface area contributed by atoms with Crippen LogP contribution in [0.15, 0.2) is 48.5 Å². The SMILES string of the molecule is C[C@H](OC(=O)c1cc2cc([N+](=O)[O-])ccc2s1)C(=O)Nc1ccc(N(C)C)cc1. The fraction of sp³-hybridized carbons (Fsp3) is 0.200. The summed E-state index contributed by atoms with van der Waals surface area (Å²) in [6.07, 6.45) is -1.00. The Kier molecular flexibility index (Phi) is 5.79. The van der Waals surface area contributed by atoms with Crippen molar-refractivity contribution in [2.24, 2.45) is 0 Å². The first-order valence-corrected chi connectivity index (χ1v) is 9.53. The number of non-ortho nitro benzene ring substituents is 1. The summed E-state index contributed by atoms with van der Waals surface area (Å²) in [4.78, 5) is 37.3. The van der Waals surface area contributed by atoms with E-state index in [4.69, 9.17) is 4.74 Å². The van der Waals surface area contributed by atoms with Crippen LogP contribution in [-0.4, -0.2) is 37.0 Å². The quantitative estimate of drug-likeness (QED) is 0.371. The van der Waals surface area contributed by atoms with Gasteiger partial charge in [-0.25, -0.2) is 4.79 Å². The van der Waals surface area contributed by atoms with E-state index in [2.05, 4.69) is 5.32 Å². The number of carbonyl (C=O) groups excluding carboxylic acids is 2. The number of amides is 1. The second-order valence-corrected chi connectivity index (χ2v) is 7.65. The lowest BCUT2D eigenvalue weighted by atomic mass is 10.2. The molecule has 1 N–H and O–H groups in total. The van der Waals surface area contributed by atoms with Crippen LogP contribution in [0, 0.1) is 10.1 Å². The van der Waals surface area contributed by atoms with Crippen LogP contribution < -0.4 is 10.2 Å². The number of nitro benzene ring substituents is 1. The van der Waals surface area contributed by atoms with Crippen LogP contribution in [0.2, 0.25) is 0 Å². The molecule has 29 heavy (non-hydrogen) atoms. The minimum Gasteiger partial charge on any atom is -0.448 e. The maximum atomic E-state index is 12.4. The molecule has 9 heteroatoms. The molecule has 0 fully saturated rings. The van der Waals surface area contributed by atoms with E-state index in [0.29, 0.717) is 11.1 Å². The normalized spacial score (nSPS) is 11.7. The minimum atomic E-state index is -1.00. The molecule has 1 aromatic heterocycles. The first-order chi connectivity index (χ1) is 13.7. The zero-order chi connectivity index (χ0) is 21.1. The lowest BCUT2D eigenvalue weighted by molar-refractivity contribution is -0.384. The monoisotopic (exact) mass is 413 g/mol. The van der Waals surface area contributed by atoms with E-state index in [1.165, 1.54) is 25.1 Å². The van der Waals surface area contributed by atoms with E-state index < -0.39 is 22.9 Å². The van der Waals surface area contributed by atoms with Crippen LogP contribution in [0.25, 0.3) is 10.1 Å². The van der Waals surface area contributed by atoms with Gasteiger partial charge in [0.2, 0.25) is 0 Å². The first-order valence-electron chi connectivity index (χ1n) is 8.72. The lowest BCUT2D eigenvalue weighted by Crippen LogP contribution is -2.29. The molecule has 0 radical (unpaired) electrons. The predicted octanol–water partition coefficient (Wildman–Crippen LogP) is 4.06. The van der Waals surface area contributed by atoms with Crippen molar-refractivity contribution in [1.82, 2.24) is 0 Å². The fourth-order valence-electron chi connectivity index (χ4n) is 2.60. The number of hydrogen-bond acceptors (Lipinski definition) is 7. The summed E-state index contributed by atoms with van der Waals surface area (Å²) < 4.78 is 5.98. The van der Waals surface area contributed by atoms with Gasteiger partial charge in [0.25, 0.3) is 11.6 Å². The number of thiophene rings is 1. The number of anilines is 2. The summed E-state index contributed by atoms with van der Waals surface area (Å²) >= 11 is 1.15. The van der Waals surface area contributed by atoms with Gasteiger partial charge in [-0.05, 0) is 43.3 Å². The third-order valence-corrected chi connectivity index (χ3v) is 5.31. The van der Waals surface area contributed by atoms with Gasteiger partial charge in [0.15, 0.2) is 6.10 Å². The molecule has 0 saturated heterocycles. The van der Waals surface area contributed by atoms with Gasteiger partial charge < -0.3 is 15.0 Å². The van der Waals surface area contributed by atoms with Gasteiger partial charge >= 0.3 is 5.97 Å². The average molecular weight is 413 g/mol. The van der Waals surface area contributed by atoms with Gasteiger partial charge in [-0.15, -0.1) is 11.3 Å². The Morgan fingerprint density at radius 3 is 2.45 bits per heavy atom. The van der Waals surface area contributed by atoms with Crippen LogP contribution >= 0.6 is 11.3 Å². The number of benzene rings is 2. The van der Waals surface area contributed by atoms with Crippen LogP contribution in [0.3, 0.4) is 0 Å². The van der Waals surface area contributed by atoms with E-state index in [0.717, 1.165) is 21.7 Å². The number of nitro groups is 1. The maximum absolute atomic E-state index is 12.4. The molecule has 0 bridgehead atoms. The lowest BCUT2D eigenvalue weighted by Gasteiger charge is -2.15. The number of nitrogens with one attached hydrogen (secondary N) is 1. The highest BCUT2D eigenvalue weighted by Crippen LogP contribution is 2.29. The van der Waals surface area contributed by atoms with Crippen molar-refractivity contribution in [2.45, 2.75) is 13.0 Å². The Bertz CT molecular complexity index is 1080. The molecular formula is C20H19N3O5S. The summed E-state index contributed by atoms with van der Waals surface area (Å²) in [6.45, 7) is 1.49. The van der Waals surface area contributed by atoms with Crippen LogP contribution in [0.5, 0.6) is 0 Å². The highest BCUT2D eigenvalue weighted by atomic mass is 32.1. The Balaban J connectivity index is 1.65. The number of carbonyl (C=O) groups is 2. The maximum Gasteiger partial charge on any atom is 0.349 e. The molecule has 1 heterocycles. The van der Waals surface area contributed by atoms with E-state index in [-0.39, 0.29) is 10.6 Å². The molecule has 0 spiro atoms. The largest absolute Gasteiger partial charge is 0.448 e. The minimum absolute atomic E-state index is 0.0525. The summed E-state index contributed by atoms with van der Waals surface area (Å²) in [7, 11) is 3.84. The van der Waals surface area contributed by atoms with Crippen LogP contribution in [0.1, 0.15) is 16.6 Å². The fourth-order valence-corrected chi connectivity index (χ4v) is 3.53. The van der Waals surface area contributed by atoms with Gasteiger partial charge in [-0.3, -0.25) is 14.9 Å². The summed E-state index contributed by atoms with van der Waals surface area (Å²) in [6, 6.07) is 13.1. The van der Waals surface area contributed by atoms with Crippen molar-refractivity contribution in [1.29, 1.82) is 0 Å². The van der Waals surface area contributed by atoms with Crippen LogP contribution in [0.4, 0.5) is 17.1 Å². The van der Waals surface area contributed by atoms with Gasteiger partial charge in [0.05, 0.1) is 4.92 Å². The van der Waals surface area contributed by atoms with E-state index >= 15 is 0 Å². The molecule has 0 aliphatic rings. The number of hydrogen-bond donors (Lipinski definition) is 1. The molecule has 3 aromatic rings. The van der Waals surface area contributed by atoms with Gasteiger partial charge in [-0.2, -0.15) is 0 Å². The van der Waals surface area contributed by atoms with Crippen molar-refractivity contribution < 1.29 is 19.2 Å². The summed E-state index contributed by atoms with van der Waals surface area (Å²) in [5.41, 5.74) is 1.54. The van der Waals surface area contributed by atoms with Crippen molar-refractivity contribution in [2.75, 3.05) is 24.3 Å². The Morgan fingerprint density at radius 2 is 1.83 bits per heavy atom. The topological polar surface area (TPSA) is 102 Å². The van der Waals surface area contributed by atoms with Gasteiger partial charge in [0, 0.05) is 47.7 Å². The summed E-state index contributed by atoms with van der Waals surface area (Å²) in [5.74, 6) is -1.10. The molecule has 0 aliphatic carbocycles. The second-order valence-electron chi connectivity index (χ2n) is 6.57. The van der Waals surface area contributed by atoms with Crippen molar-refractivity contribution in [3.8, 4) is 0 Å². The van der Waals surface area contributed by atoms with Crippen molar-refractivity contribution >= 4 is 50.4 Å². The Labute approximate surface area is 170 Å². The van der Waals surface area contributed by atoms with Crippen molar-refractivity contribution in [3.63, 3.8) is 0 Å². The number of nitrogens with zero attached hydrogens (tertiary/aromatic N) is 2. The number of esters is 1. The zero-order valence-electron chi connectivity index (χ0n) is 16.0. The first kappa shape index (κ1) is 20.3. The second kappa shape index (κ2) is 8.27. The summed E-state index contributed by atoms with van der Waals surface area (Å²) in [5, 5.41) is 14.2. The number of rotatable bonds is 6. The van der Waals surface area contributed by atoms with E-state index in [1.807, 2.05) is 31.1 Å².